The number of halogens is 1. The molecule has 0 bridgehead atoms. The van der Waals surface area contributed by atoms with E-state index in [1.54, 1.807) is 7.11 Å². The van der Waals surface area contributed by atoms with Crippen LogP contribution < -0.4 is 15.2 Å². The van der Waals surface area contributed by atoms with Crippen LogP contribution >= 0.6 is 15.9 Å². The predicted molar refractivity (Wildman–Crippen MR) is 89.2 cm³/mol. The summed E-state index contributed by atoms with van der Waals surface area (Å²) in [6.45, 7) is 4.06. The molecule has 0 radical (unpaired) electrons. The van der Waals surface area contributed by atoms with Crippen molar-refractivity contribution in [1.82, 2.24) is 0 Å². The van der Waals surface area contributed by atoms with Crippen LogP contribution in [0.5, 0.6) is 17.2 Å². The second-order valence-electron chi connectivity index (χ2n) is 4.92. The first kappa shape index (κ1) is 15.9. The van der Waals surface area contributed by atoms with E-state index in [0.29, 0.717) is 5.75 Å². The highest BCUT2D eigenvalue weighted by atomic mass is 79.9. The van der Waals surface area contributed by atoms with Gasteiger partial charge in [-0.3, -0.25) is 0 Å². The highest BCUT2D eigenvalue weighted by Gasteiger charge is 2.10. The Hall–Kier alpha value is -1.52. The number of hydrogen-bond donors (Lipinski definition) is 1. The predicted octanol–water partition coefficient (Wildman–Crippen LogP) is 4.83. The van der Waals surface area contributed by atoms with Gasteiger partial charge in [0, 0.05) is 6.04 Å². The molecule has 0 fully saturated rings. The summed E-state index contributed by atoms with van der Waals surface area (Å²) in [5.41, 5.74) is 8.15. The number of aryl methyl sites for hydroxylation is 1. The number of hydrogen-bond acceptors (Lipinski definition) is 3. The van der Waals surface area contributed by atoms with Gasteiger partial charge in [-0.05, 0) is 64.7 Å². The first-order valence-electron chi connectivity index (χ1n) is 6.95. The average Bonchev–Trinajstić information content (AvgIpc) is 2.49. The maximum atomic E-state index is 5.95. The molecule has 0 aromatic heterocycles. The van der Waals surface area contributed by atoms with Crippen molar-refractivity contribution in [3.63, 3.8) is 0 Å². The molecule has 0 aliphatic heterocycles. The van der Waals surface area contributed by atoms with Gasteiger partial charge in [-0.1, -0.05) is 19.1 Å². The fourth-order valence-electron chi connectivity index (χ4n) is 2.02. The smallest absolute Gasteiger partial charge is 0.169 e. The average molecular weight is 350 g/mol. The van der Waals surface area contributed by atoms with E-state index in [0.717, 1.165) is 28.0 Å². The minimum absolute atomic E-state index is 0.00581. The van der Waals surface area contributed by atoms with Crippen LogP contribution in [0.15, 0.2) is 40.9 Å². The number of benzene rings is 2. The van der Waals surface area contributed by atoms with Gasteiger partial charge in [0.2, 0.25) is 0 Å². The van der Waals surface area contributed by atoms with Crippen molar-refractivity contribution in [2.24, 2.45) is 5.73 Å². The van der Waals surface area contributed by atoms with E-state index < -0.39 is 0 Å². The Balaban J connectivity index is 2.29. The number of nitrogens with two attached hydrogens (primary N) is 1. The van der Waals surface area contributed by atoms with Crippen molar-refractivity contribution in [1.29, 1.82) is 0 Å². The third kappa shape index (κ3) is 3.77. The largest absolute Gasteiger partial charge is 0.493 e. The molecule has 112 valence electrons. The van der Waals surface area contributed by atoms with Crippen LogP contribution in [0.2, 0.25) is 0 Å². The fourth-order valence-corrected chi connectivity index (χ4v) is 2.50. The normalized spacial score (nSPS) is 12.0. The van der Waals surface area contributed by atoms with Gasteiger partial charge in [0.1, 0.15) is 5.75 Å². The number of ether oxygens (including phenoxy) is 2. The molecule has 0 heterocycles. The van der Waals surface area contributed by atoms with Crippen LogP contribution in [-0.2, 0) is 6.42 Å². The molecule has 2 rings (SSSR count). The number of methoxy groups -OCH3 is 1. The van der Waals surface area contributed by atoms with E-state index in [9.17, 15) is 0 Å². The lowest BCUT2D eigenvalue weighted by atomic mass is 10.1. The molecule has 1 atom stereocenters. The lowest BCUT2D eigenvalue weighted by molar-refractivity contribution is 0.377. The van der Waals surface area contributed by atoms with Crippen LogP contribution in [0.25, 0.3) is 0 Å². The van der Waals surface area contributed by atoms with Gasteiger partial charge in [-0.25, -0.2) is 0 Å². The van der Waals surface area contributed by atoms with Gasteiger partial charge < -0.3 is 15.2 Å². The molecule has 2 N–H and O–H groups in total. The van der Waals surface area contributed by atoms with Crippen LogP contribution in [0.1, 0.15) is 31.0 Å². The highest BCUT2D eigenvalue weighted by Crippen LogP contribution is 2.36. The first-order valence-corrected chi connectivity index (χ1v) is 7.74. The summed E-state index contributed by atoms with van der Waals surface area (Å²) in [6.07, 6.45) is 0.962. The van der Waals surface area contributed by atoms with E-state index >= 15 is 0 Å². The lowest BCUT2D eigenvalue weighted by Gasteiger charge is -2.14. The van der Waals surface area contributed by atoms with Gasteiger partial charge in [-0.15, -0.1) is 0 Å². The Kier molecular flexibility index (Phi) is 5.26. The minimum Gasteiger partial charge on any atom is -0.493 e. The van der Waals surface area contributed by atoms with Gasteiger partial charge in [0.25, 0.3) is 0 Å². The molecule has 0 saturated heterocycles. The molecule has 4 heteroatoms. The molecular formula is C17H20BrNO2. The topological polar surface area (TPSA) is 44.5 Å². The molecular weight excluding hydrogens is 330 g/mol. The van der Waals surface area contributed by atoms with Crippen LogP contribution in [0, 0.1) is 0 Å². The number of rotatable bonds is 5. The third-order valence-corrected chi connectivity index (χ3v) is 3.96. The second-order valence-corrected chi connectivity index (χ2v) is 5.77. The van der Waals surface area contributed by atoms with Crippen LogP contribution in [0.3, 0.4) is 0 Å². The van der Waals surface area contributed by atoms with E-state index in [2.05, 4.69) is 22.9 Å². The quantitative estimate of drug-likeness (QED) is 0.840. The fraction of sp³-hybridized carbons (Fsp3) is 0.294. The van der Waals surface area contributed by atoms with Crippen molar-refractivity contribution < 1.29 is 9.47 Å². The van der Waals surface area contributed by atoms with Gasteiger partial charge in [-0.2, -0.15) is 0 Å². The summed E-state index contributed by atoms with van der Waals surface area (Å²) in [4.78, 5) is 0. The summed E-state index contributed by atoms with van der Waals surface area (Å²) >= 11 is 3.53. The Morgan fingerprint density at radius 1 is 1.10 bits per heavy atom. The molecule has 3 nitrogen and oxygen atoms in total. The van der Waals surface area contributed by atoms with Crippen molar-refractivity contribution in [2.45, 2.75) is 26.3 Å². The first-order chi connectivity index (χ1) is 10.0. The Labute approximate surface area is 134 Å². The summed E-state index contributed by atoms with van der Waals surface area (Å²) in [5, 5.41) is 0. The molecule has 2 aromatic carbocycles. The third-order valence-electron chi connectivity index (χ3n) is 3.34. The van der Waals surface area contributed by atoms with E-state index in [4.69, 9.17) is 15.2 Å². The summed E-state index contributed by atoms with van der Waals surface area (Å²) < 4.78 is 12.2. The monoisotopic (exact) mass is 349 g/mol. The highest BCUT2D eigenvalue weighted by molar-refractivity contribution is 9.10. The molecule has 21 heavy (non-hydrogen) atoms. The summed E-state index contributed by atoms with van der Waals surface area (Å²) in [7, 11) is 1.65. The zero-order chi connectivity index (χ0) is 15.4. The van der Waals surface area contributed by atoms with Gasteiger partial charge in [0.05, 0.1) is 11.6 Å². The minimum atomic E-state index is -0.00581. The van der Waals surface area contributed by atoms with Crippen LogP contribution in [-0.4, -0.2) is 7.11 Å². The zero-order valence-electron chi connectivity index (χ0n) is 12.5. The summed E-state index contributed by atoms with van der Waals surface area (Å²) in [6, 6.07) is 11.8. The Morgan fingerprint density at radius 3 is 2.38 bits per heavy atom. The van der Waals surface area contributed by atoms with E-state index in [-0.39, 0.29) is 6.04 Å². The standard InChI is InChI=1S/C17H20BrNO2/c1-4-12-5-7-16(17(9-12)20-3)21-15-8-6-13(11(2)19)10-14(15)18/h5-11H,4,19H2,1-3H3. The van der Waals surface area contributed by atoms with Gasteiger partial charge in [0.15, 0.2) is 11.5 Å². The van der Waals surface area contributed by atoms with E-state index in [1.807, 2.05) is 43.3 Å². The summed E-state index contributed by atoms with van der Waals surface area (Å²) in [5.74, 6) is 2.17. The molecule has 2 aromatic rings. The van der Waals surface area contributed by atoms with Crippen LogP contribution in [0.4, 0.5) is 0 Å². The van der Waals surface area contributed by atoms with Crippen molar-refractivity contribution in [3.8, 4) is 17.2 Å². The Morgan fingerprint density at radius 2 is 1.81 bits per heavy atom. The Bertz CT molecular complexity index is 626. The van der Waals surface area contributed by atoms with E-state index in [1.165, 1.54) is 5.56 Å². The zero-order valence-corrected chi connectivity index (χ0v) is 14.1. The molecule has 0 aliphatic rings. The molecule has 1 unspecified atom stereocenters. The maximum Gasteiger partial charge on any atom is 0.169 e. The van der Waals surface area contributed by atoms with Crippen molar-refractivity contribution in [3.05, 3.63) is 52.0 Å². The molecule has 0 amide bonds. The van der Waals surface area contributed by atoms with Crippen molar-refractivity contribution in [2.75, 3.05) is 7.11 Å². The molecule has 0 aliphatic carbocycles. The van der Waals surface area contributed by atoms with Gasteiger partial charge >= 0.3 is 0 Å². The molecule has 0 saturated carbocycles. The maximum absolute atomic E-state index is 5.95. The molecule has 0 spiro atoms. The van der Waals surface area contributed by atoms with Crippen molar-refractivity contribution >= 4 is 15.9 Å². The second kappa shape index (κ2) is 6.96. The lowest BCUT2D eigenvalue weighted by Crippen LogP contribution is -2.04. The SMILES string of the molecule is CCc1ccc(Oc2ccc(C(C)N)cc2Br)c(OC)c1.